The molecule has 1 fully saturated rings. The minimum Gasteiger partial charge on any atom is -0.478 e. The van der Waals surface area contributed by atoms with Crippen LogP contribution in [-0.4, -0.2) is 33.0 Å². The SMILES string of the molecule is Cc1cc([C@@H](C)Nc2ccccc2C(=O)O)c2nc(N3CC[C@H]3C)c(C#N)c(=O)n2c1. The quantitative estimate of drug-likeness (QED) is 0.655. The van der Waals surface area contributed by atoms with Gasteiger partial charge in [0, 0.05) is 30.0 Å². The number of aryl methyl sites for hydroxylation is 1. The summed E-state index contributed by atoms with van der Waals surface area (Å²) in [6, 6.07) is 10.5. The summed E-state index contributed by atoms with van der Waals surface area (Å²) in [5, 5.41) is 22.4. The Morgan fingerprint density at radius 2 is 2.13 bits per heavy atom. The van der Waals surface area contributed by atoms with Crippen LogP contribution in [0, 0.1) is 18.3 Å². The largest absolute Gasteiger partial charge is 0.478 e. The first kappa shape index (κ1) is 20.4. The number of rotatable bonds is 5. The second kappa shape index (κ2) is 7.76. The van der Waals surface area contributed by atoms with Crippen LogP contribution >= 0.6 is 0 Å². The Labute approximate surface area is 179 Å². The van der Waals surface area contributed by atoms with Crippen molar-refractivity contribution in [2.45, 2.75) is 39.3 Å². The van der Waals surface area contributed by atoms with Gasteiger partial charge in [0.2, 0.25) is 0 Å². The van der Waals surface area contributed by atoms with Crippen molar-refractivity contribution in [1.29, 1.82) is 5.26 Å². The summed E-state index contributed by atoms with van der Waals surface area (Å²) < 4.78 is 1.42. The molecular weight excluding hydrogens is 394 g/mol. The van der Waals surface area contributed by atoms with Gasteiger partial charge in [0.05, 0.1) is 11.6 Å². The van der Waals surface area contributed by atoms with E-state index in [0.717, 1.165) is 24.1 Å². The summed E-state index contributed by atoms with van der Waals surface area (Å²) in [7, 11) is 0. The maximum atomic E-state index is 13.1. The molecule has 0 amide bonds. The normalized spacial score (nSPS) is 16.5. The number of hydrogen-bond acceptors (Lipinski definition) is 6. The molecule has 3 aromatic rings. The Bertz CT molecular complexity index is 1290. The van der Waals surface area contributed by atoms with Crippen molar-refractivity contribution in [2.24, 2.45) is 0 Å². The summed E-state index contributed by atoms with van der Waals surface area (Å²) in [5.74, 6) is -0.610. The average molecular weight is 417 g/mol. The number of nitriles is 1. The van der Waals surface area contributed by atoms with Gasteiger partial charge in [0.1, 0.15) is 11.7 Å². The molecule has 31 heavy (non-hydrogen) atoms. The van der Waals surface area contributed by atoms with Gasteiger partial charge < -0.3 is 15.3 Å². The van der Waals surface area contributed by atoms with Gasteiger partial charge in [-0.25, -0.2) is 9.78 Å². The van der Waals surface area contributed by atoms with Crippen LogP contribution in [0.3, 0.4) is 0 Å². The first-order valence-electron chi connectivity index (χ1n) is 10.1. The van der Waals surface area contributed by atoms with Crippen LogP contribution in [0.1, 0.15) is 53.4 Å². The summed E-state index contributed by atoms with van der Waals surface area (Å²) >= 11 is 0. The Kier molecular flexibility index (Phi) is 5.11. The van der Waals surface area contributed by atoms with E-state index >= 15 is 0 Å². The molecule has 1 aliphatic rings. The Morgan fingerprint density at radius 3 is 2.74 bits per heavy atom. The molecule has 0 saturated carbocycles. The van der Waals surface area contributed by atoms with Gasteiger partial charge in [0.15, 0.2) is 11.4 Å². The van der Waals surface area contributed by atoms with Gasteiger partial charge in [-0.05, 0) is 51.0 Å². The van der Waals surface area contributed by atoms with Crippen LogP contribution in [0.2, 0.25) is 0 Å². The number of carboxylic acid groups (broad SMARTS) is 1. The highest BCUT2D eigenvalue weighted by Gasteiger charge is 2.30. The predicted octanol–water partition coefficient (Wildman–Crippen LogP) is 3.34. The third kappa shape index (κ3) is 3.48. The Morgan fingerprint density at radius 1 is 1.39 bits per heavy atom. The number of carboxylic acids is 1. The lowest BCUT2D eigenvalue weighted by Crippen LogP contribution is -2.47. The lowest BCUT2D eigenvalue weighted by molar-refractivity contribution is 0.0698. The van der Waals surface area contributed by atoms with E-state index in [0.29, 0.717) is 17.2 Å². The van der Waals surface area contributed by atoms with Crippen molar-refractivity contribution < 1.29 is 9.90 Å². The molecule has 2 N–H and O–H groups in total. The lowest BCUT2D eigenvalue weighted by Gasteiger charge is -2.40. The summed E-state index contributed by atoms with van der Waals surface area (Å²) in [4.78, 5) is 31.4. The number of pyridine rings is 1. The molecule has 1 saturated heterocycles. The summed E-state index contributed by atoms with van der Waals surface area (Å²) in [5.41, 5.74) is 2.32. The first-order chi connectivity index (χ1) is 14.8. The Balaban J connectivity index is 1.87. The number of nitrogens with zero attached hydrogens (tertiary/aromatic N) is 4. The van der Waals surface area contributed by atoms with Gasteiger partial charge >= 0.3 is 5.97 Å². The van der Waals surface area contributed by atoms with Crippen LogP contribution in [-0.2, 0) is 0 Å². The van der Waals surface area contributed by atoms with E-state index in [1.54, 1.807) is 24.4 Å². The predicted molar refractivity (Wildman–Crippen MR) is 118 cm³/mol. The van der Waals surface area contributed by atoms with Crippen molar-refractivity contribution in [3.8, 4) is 6.07 Å². The molecule has 2 aromatic heterocycles. The molecule has 158 valence electrons. The maximum absolute atomic E-state index is 13.1. The number of aromatic carboxylic acids is 1. The molecule has 2 atom stereocenters. The van der Waals surface area contributed by atoms with Gasteiger partial charge in [-0.2, -0.15) is 5.26 Å². The van der Waals surface area contributed by atoms with Crippen LogP contribution in [0.5, 0.6) is 0 Å². The van der Waals surface area contributed by atoms with Crippen LogP contribution in [0.15, 0.2) is 41.3 Å². The molecule has 1 aromatic carbocycles. The molecule has 0 aliphatic carbocycles. The first-order valence-corrected chi connectivity index (χ1v) is 10.1. The molecule has 8 nitrogen and oxygen atoms in total. The minimum atomic E-state index is -1.02. The summed E-state index contributed by atoms with van der Waals surface area (Å²) in [6.07, 6.45) is 2.66. The molecule has 0 bridgehead atoms. The minimum absolute atomic E-state index is 0.0393. The highest BCUT2D eigenvalue weighted by atomic mass is 16.4. The van der Waals surface area contributed by atoms with Crippen molar-refractivity contribution >= 4 is 23.1 Å². The molecule has 0 unspecified atom stereocenters. The fraction of sp³-hybridized carbons (Fsp3) is 0.304. The maximum Gasteiger partial charge on any atom is 0.337 e. The smallest absolute Gasteiger partial charge is 0.337 e. The standard InChI is InChI=1S/C23H23N5O3/c1-13-10-17(15(3)25-19-7-5-4-6-16(19)23(30)31)20-26-21(27-9-8-14(27)2)18(11-24)22(29)28(20)12-13/h4-7,10,12,14-15,25H,8-9H2,1-3H3,(H,30,31)/t14-,15-/m1/s1. The third-order valence-corrected chi connectivity index (χ3v) is 5.77. The van der Waals surface area contributed by atoms with E-state index < -0.39 is 11.5 Å². The van der Waals surface area contributed by atoms with Gasteiger partial charge in [0.25, 0.3) is 5.56 Å². The zero-order chi connectivity index (χ0) is 22.3. The molecule has 4 rings (SSSR count). The van der Waals surface area contributed by atoms with E-state index in [1.165, 1.54) is 10.5 Å². The van der Waals surface area contributed by atoms with E-state index in [2.05, 4.69) is 5.32 Å². The van der Waals surface area contributed by atoms with E-state index in [-0.39, 0.29) is 23.2 Å². The topological polar surface area (TPSA) is 111 Å². The average Bonchev–Trinajstić information content (AvgIpc) is 2.73. The molecular formula is C23H23N5O3. The molecule has 0 spiro atoms. The molecule has 3 heterocycles. The second-order valence-corrected chi connectivity index (χ2v) is 7.94. The van der Waals surface area contributed by atoms with E-state index in [1.807, 2.05) is 37.8 Å². The number of nitrogens with one attached hydrogen (secondary N) is 1. The highest BCUT2D eigenvalue weighted by molar-refractivity contribution is 5.94. The molecule has 1 aliphatic heterocycles. The van der Waals surface area contributed by atoms with E-state index in [4.69, 9.17) is 4.98 Å². The monoisotopic (exact) mass is 417 g/mol. The molecule has 8 heteroatoms. The van der Waals surface area contributed by atoms with Crippen LogP contribution in [0.25, 0.3) is 5.65 Å². The fourth-order valence-corrected chi connectivity index (χ4v) is 3.96. The fourth-order valence-electron chi connectivity index (χ4n) is 3.96. The van der Waals surface area contributed by atoms with Crippen LogP contribution in [0.4, 0.5) is 11.5 Å². The van der Waals surface area contributed by atoms with Crippen molar-refractivity contribution in [1.82, 2.24) is 9.38 Å². The number of anilines is 2. The van der Waals surface area contributed by atoms with Crippen LogP contribution < -0.4 is 15.8 Å². The number of benzene rings is 1. The third-order valence-electron chi connectivity index (χ3n) is 5.77. The highest BCUT2D eigenvalue weighted by Crippen LogP contribution is 2.30. The second-order valence-electron chi connectivity index (χ2n) is 7.94. The molecule has 0 radical (unpaired) electrons. The van der Waals surface area contributed by atoms with Gasteiger partial charge in [-0.15, -0.1) is 0 Å². The number of carbonyl (C=O) groups is 1. The van der Waals surface area contributed by atoms with Crippen molar-refractivity contribution in [2.75, 3.05) is 16.8 Å². The number of para-hydroxylation sites is 1. The van der Waals surface area contributed by atoms with Gasteiger partial charge in [-0.3, -0.25) is 9.20 Å². The van der Waals surface area contributed by atoms with Crippen molar-refractivity contribution in [3.63, 3.8) is 0 Å². The zero-order valence-corrected chi connectivity index (χ0v) is 17.6. The summed E-state index contributed by atoms with van der Waals surface area (Å²) in [6.45, 7) is 6.55. The van der Waals surface area contributed by atoms with Crippen molar-refractivity contribution in [3.05, 3.63) is 69.1 Å². The Hall–Kier alpha value is -3.86. The number of hydrogen-bond donors (Lipinski definition) is 2. The van der Waals surface area contributed by atoms with Gasteiger partial charge in [-0.1, -0.05) is 12.1 Å². The zero-order valence-electron chi connectivity index (χ0n) is 17.6. The number of fused-ring (bicyclic) bond motifs is 1. The number of aromatic nitrogens is 2. The van der Waals surface area contributed by atoms with E-state index in [9.17, 15) is 20.0 Å². The lowest BCUT2D eigenvalue weighted by atomic mass is 10.0.